The molecule has 0 bridgehead atoms. The summed E-state index contributed by atoms with van der Waals surface area (Å²) >= 11 is 1.63. The third-order valence-electron chi connectivity index (χ3n) is 2.91. The summed E-state index contributed by atoms with van der Waals surface area (Å²) in [5.74, 6) is -0.216. The van der Waals surface area contributed by atoms with Gasteiger partial charge in [-0.25, -0.2) is 4.68 Å². The van der Waals surface area contributed by atoms with Crippen LogP contribution in [0.4, 0.5) is 0 Å². The second-order valence-electron chi connectivity index (χ2n) is 4.90. The van der Waals surface area contributed by atoms with Gasteiger partial charge in [0.1, 0.15) is 0 Å². The molecule has 2 aromatic rings. The Bertz CT molecular complexity index is 550. The molecule has 7 heteroatoms. The molecule has 0 saturated carbocycles. The lowest BCUT2D eigenvalue weighted by Crippen LogP contribution is -2.34. The number of nitrogens with one attached hydrogen (secondary N) is 1. The first-order chi connectivity index (χ1) is 9.56. The van der Waals surface area contributed by atoms with Crippen LogP contribution in [0.25, 0.3) is 0 Å². The van der Waals surface area contributed by atoms with Crippen LogP contribution in [0.15, 0.2) is 23.7 Å². The molecule has 20 heavy (non-hydrogen) atoms. The molecule has 1 amide bonds. The fourth-order valence-electron chi connectivity index (χ4n) is 1.57. The number of carbonyl (C=O) groups is 1. The predicted molar refractivity (Wildman–Crippen MR) is 76.6 cm³/mol. The fraction of sp³-hybridized carbons (Fsp3) is 0.462. The zero-order valence-electron chi connectivity index (χ0n) is 11.5. The molecule has 108 valence electrons. The number of nitrogens with zero attached hydrogens (tertiary/aromatic N) is 3. The lowest BCUT2D eigenvalue weighted by molar-refractivity contribution is 0.0867. The molecule has 2 heterocycles. The Labute approximate surface area is 121 Å². The van der Waals surface area contributed by atoms with Crippen molar-refractivity contribution >= 4 is 17.2 Å². The van der Waals surface area contributed by atoms with Crippen molar-refractivity contribution in [3.63, 3.8) is 0 Å². The summed E-state index contributed by atoms with van der Waals surface area (Å²) in [5, 5.41) is 22.1. The first-order valence-corrected chi connectivity index (χ1v) is 7.33. The standard InChI is InChI=1S/C13H18N4O2S/c1-9(2)12(18)6-14-13(19)11-8-17(16-15-11)7-10-4-3-5-20-10/h3-5,8-9,12,18H,6-7H2,1-2H3,(H,14,19). The molecule has 1 atom stereocenters. The van der Waals surface area contributed by atoms with Crippen molar-refractivity contribution in [2.24, 2.45) is 5.92 Å². The molecule has 0 aliphatic heterocycles. The maximum Gasteiger partial charge on any atom is 0.273 e. The normalized spacial score (nSPS) is 12.6. The van der Waals surface area contributed by atoms with E-state index < -0.39 is 6.10 Å². The number of aliphatic hydroxyl groups is 1. The van der Waals surface area contributed by atoms with Crippen molar-refractivity contribution in [2.45, 2.75) is 26.5 Å². The van der Waals surface area contributed by atoms with E-state index in [0.29, 0.717) is 6.54 Å². The van der Waals surface area contributed by atoms with Gasteiger partial charge in [0.2, 0.25) is 0 Å². The van der Waals surface area contributed by atoms with Crippen LogP contribution in [0.3, 0.4) is 0 Å². The van der Waals surface area contributed by atoms with Crippen LogP contribution in [0.2, 0.25) is 0 Å². The molecule has 0 saturated heterocycles. The summed E-state index contributed by atoms with van der Waals surface area (Å²) in [5.41, 5.74) is 0.262. The summed E-state index contributed by atoms with van der Waals surface area (Å²) < 4.78 is 1.62. The molecule has 2 rings (SSSR count). The number of aliphatic hydroxyl groups excluding tert-OH is 1. The molecular formula is C13H18N4O2S. The van der Waals surface area contributed by atoms with Crippen molar-refractivity contribution < 1.29 is 9.90 Å². The van der Waals surface area contributed by atoms with Crippen molar-refractivity contribution in [3.8, 4) is 0 Å². The maximum atomic E-state index is 11.9. The van der Waals surface area contributed by atoms with Crippen LogP contribution in [0.1, 0.15) is 29.2 Å². The fourth-order valence-corrected chi connectivity index (χ4v) is 2.26. The minimum absolute atomic E-state index is 0.102. The van der Waals surface area contributed by atoms with E-state index in [2.05, 4.69) is 15.6 Å². The van der Waals surface area contributed by atoms with Gasteiger partial charge >= 0.3 is 0 Å². The maximum absolute atomic E-state index is 11.9. The van der Waals surface area contributed by atoms with Crippen molar-refractivity contribution in [2.75, 3.05) is 6.54 Å². The quantitative estimate of drug-likeness (QED) is 0.837. The van der Waals surface area contributed by atoms with Gasteiger partial charge in [-0.15, -0.1) is 16.4 Å². The zero-order valence-corrected chi connectivity index (χ0v) is 12.3. The van der Waals surface area contributed by atoms with Crippen LogP contribution >= 0.6 is 11.3 Å². The minimum atomic E-state index is -0.555. The lowest BCUT2D eigenvalue weighted by Gasteiger charge is -2.14. The van der Waals surface area contributed by atoms with Gasteiger partial charge in [0.25, 0.3) is 5.91 Å². The molecule has 0 radical (unpaired) electrons. The molecule has 6 nitrogen and oxygen atoms in total. The SMILES string of the molecule is CC(C)C(O)CNC(=O)c1cn(Cc2cccs2)nn1. The topological polar surface area (TPSA) is 80.0 Å². The Morgan fingerprint density at radius 1 is 1.55 bits per heavy atom. The second-order valence-corrected chi connectivity index (χ2v) is 5.93. The first kappa shape index (κ1) is 14.7. The molecular weight excluding hydrogens is 276 g/mol. The smallest absolute Gasteiger partial charge is 0.273 e. The Morgan fingerprint density at radius 2 is 2.35 bits per heavy atom. The number of thiophene rings is 1. The van der Waals surface area contributed by atoms with E-state index in [1.165, 1.54) is 0 Å². The lowest BCUT2D eigenvalue weighted by atomic mass is 10.1. The summed E-state index contributed by atoms with van der Waals surface area (Å²) in [6.07, 6.45) is 1.05. The van der Waals surface area contributed by atoms with E-state index in [1.807, 2.05) is 31.4 Å². The Balaban J connectivity index is 1.89. The average Bonchev–Trinajstić information content (AvgIpc) is 3.07. The first-order valence-electron chi connectivity index (χ1n) is 6.45. The van der Waals surface area contributed by atoms with Crippen LogP contribution in [-0.4, -0.2) is 38.7 Å². The van der Waals surface area contributed by atoms with Gasteiger partial charge in [0.15, 0.2) is 5.69 Å². The van der Waals surface area contributed by atoms with E-state index in [4.69, 9.17) is 0 Å². The monoisotopic (exact) mass is 294 g/mol. The molecule has 1 unspecified atom stereocenters. The van der Waals surface area contributed by atoms with Crippen LogP contribution < -0.4 is 5.32 Å². The van der Waals surface area contributed by atoms with Gasteiger partial charge < -0.3 is 10.4 Å². The number of rotatable bonds is 6. The zero-order chi connectivity index (χ0) is 14.5. The molecule has 2 aromatic heterocycles. The minimum Gasteiger partial charge on any atom is -0.391 e. The third kappa shape index (κ3) is 3.88. The molecule has 0 fully saturated rings. The van der Waals surface area contributed by atoms with E-state index in [1.54, 1.807) is 22.2 Å². The summed E-state index contributed by atoms with van der Waals surface area (Å²) in [6.45, 7) is 4.61. The highest BCUT2D eigenvalue weighted by Gasteiger charge is 2.14. The highest BCUT2D eigenvalue weighted by Crippen LogP contribution is 2.10. The summed E-state index contributed by atoms with van der Waals surface area (Å²) in [4.78, 5) is 13.0. The van der Waals surface area contributed by atoms with Gasteiger partial charge in [-0.2, -0.15) is 0 Å². The van der Waals surface area contributed by atoms with Gasteiger partial charge in [0.05, 0.1) is 18.8 Å². The number of amides is 1. The largest absolute Gasteiger partial charge is 0.391 e. The van der Waals surface area contributed by atoms with E-state index in [0.717, 1.165) is 4.88 Å². The second kappa shape index (κ2) is 6.62. The average molecular weight is 294 g/mol. The van der Waals surface area contributed by atoms with Crippen molar-refractivity contribution in [1.82, 2.24) is 20.3 Å². The number of carbonyl (C=O) groups excluding carboxylic acids is 1. The van der Waals surface area contributed by atoms with Gasteiger partial charge in [-0.05, 0) is 17.4 Å². The Morgan fingerprint density at radius 3 is 3.00 bits per heavy atom. The summed E-state index contributed by atoms with van der Waals surface area (Å²) in [6, 6.07) is 3.98. The highest BCUT2D eigenvalue weighted by atomic mass is 32.1. The third-order valence-corrected chi connectivity index (χ3v) is 3.77. The molecule has 0 aromatic carbocycles. The van der Waals surface area contributed by atoms with Crippen molar-refractivity contribution in [3.05, 3.63) is 34.3 Å². The number of hydrogen-bond donors (Lipinski definition) is 2. The van der Waals surface area contributed by atoms with E-state index in [-0.39, 0.29) is 24.1 Å². The molecule has 0 aliphatic rings. The van der Waals surface area contributed by atoms with Gasteiger partial charge in [0, 0.05) is 11.4 Å². The predicted octanol–water partition coefficient (Wildman–Crippen LogP) is 1.13. The van der Waals surface area contributed by atoms with Crippen LogP contribution in [0, 0.1) is 5.92 Å². The van der Waals surface area contributed by atoms with Gasteiger partial charge in [-0.1, -0.05) is 25.1 Å². The van der Waals surface area contributed by atoms with Crippen LogP contribution in [0.5, 0.6) is 0 Å². The Kier molecular flexibility index (Phi) is 4.86. The number of aromatic nitrogens is 3. The van der Waals surface area contributed by atoms with E-state index in [9.17, 15) is 9.90 Å². The molecule has 0 spiro atoms. The summed E-state index contributed by atoms with van der Waals surface area (Å²) in [7, 11) is 0. The number of hydrogen-bond acceptors (Lipinski definition) is 5. The van der Waals surface area contributed by atoms with Crippen LogP contribution in [-0.2, 0) is 6.54 Å². The molecule has 2 N–H and O–H groups in total. The van der Waals surface area contributed by atoms with Gasteiger partial charge in [-0.3, -0.25) is 4.79 Å². The highest BCUT2D eigenvalue weighted by molar-refractivity contribution is 7.09. The van der Waals surface area contributed by atoms with E-state index >= 15 is 0 Å². The van der Waals surface area contributed by atoms with Crippen molar-refractivity contribution in [1.29, 1.82) is 0 Å². The Hall–Kier alpha value is -1.73. The molecule has 0 aliphatic carbocycles.